The molecule has 5 heteroatoms. The topological polar surface area (TPSA) is 54.0 Å². The minimum Gasteiger partial charge on any atom is -0.497 e. The summed E-state index contributed by atoms with van der Waals surface area (Å²) in [7, 11) is 7.27. The van der Waals surface area contributed by atoms with Gasteiger partial charge in [-0.3, -0.25) is 0 Å². The van der Waals surface area contributed by atoms with E-state index in [9.17, 15) is 5.11 Å². The lowest BCUT2D eigenvalue weighted by Crippen LogP contribution is -2.31. The van der Waals surface area contributed by atoms with E-state index in [1.54, 1.807) is 14.2 Å². The van der Waals surface area contributed by atoms with Crippen molar-refractivity contribution in [1.82, 2.24) is 10.2 Å². The van der Waals surface area contributed by atoms with E-state index in [0.29, 0.717) is 0 Å². The number of nitrogens with one attached hydrogen (secondary N) is 1. The van der Waals surface area contributed by atoms with Crippen molar-refractivity contribution in [3.63, 3.8) is 0 Å². The second-order valence-corrected chi connectivity index (χ2v) is 4.64. The molecule has 5 nitrogen and oxygen atoms in total. The van der Waals surface area contributed by atoms with Crippen molar-refractivity contribution >= 4 is 0 Å². The lowest BCUT2D eigenvalue weighted by atomic mass is 10.1. The number of aliphatic hydroxyl groups is 1. The summed E-state index contributed by atoms with van der Waals surface area (Å²) < 4.78 is 10.5. The van der Waals surface area contributed by atoms with Gasteiger partial charge in [-0.25, -0.2) is 0 Å². The van der Waals surface area contributed by atoms with Crippen molar-refractivity contribution in [2.75, 3.05) is 48.0 Å². The Morgan fingerprint density at radius 1 is 1.16 bits per heavy atom. The average molecular weight is 268 g/mol. The molecule has 0 aliphatic heterocycles. The SMILES string of the molecule is COc1cc(OC)cc(C(CO)NCCN(C)C)c1. The summed E-state index contributed by atoms with van der Waals surface area (Å²) in [5.74, 6) is 1.45. The van der Waals surface area contributed by atoms with Gasteiger partial charge in [-0.05, 0) is 31.8 Å². The Kier molecular flexibility index (Phi) is 6.62. The van der Waals surface area contributed by atoms with Gasteiger partial charge in [0, 0.05) is 19.2 Å². The highest BCUT2D eigenvalue weighted by Crippen LogP contribution is 2.26. The maximum atomic E-state index is 9.51. The highest BCUT2D eigenvalue weighted by Gasteiger charge is 2.12. The molecule has 0 aromatic heterocycles. The summed E-state index contributed by atoms with van der Waals surface area (Å²) in [6.45, 7) is 1.75. The lowest BCUT2D eigenvalue weighted by Gasteiger charge is -2.19. The summed E-state index contributed by atoms with van der Waals surface area (Å²) in [5, 5.41) is 12.8. The maximum Gasteiger partial charge on any atom is 0.122 e. The zero-order chi connectivity index (χ0) is 14.3. The molecule has 1 aromatic rings. The van der Waals surface area contributed by atoms with E-state index in [2.05, 4.69) is 10.2 Å². The van der Waals surface area contributed by atoms with Gasteiger partial charge in [-0.15, -0.1) is 0 Å². The molecule has 0 spiro atoms. The number of rotatable bonds is 8. The molecule has 1 atom stereocenters. The predicted octanol–water partition coefficient (Wildman–Crippen LogP) is 0.888. The normalized spacial score (nSPS) is 12.5. The zero-order valence-electron chi connectivity index (χ0n) is 12.1. The fraction of sp³-hybridized carbons (Fsp3) is 0.571. The Bertz CT molecular complexity index is 361. The second-order valence-electron chi connectivity index (χ2n) is 4.64. The molecule has 2 N–H and O–H groups in total. The second kappa shape index (κ2) is 7.99. The van der Waals surface area contributed by atoms with Crippen LogP contribution in [0.2, 0.25) is 0 Å². The number of methoxy groups -OCH3 is 2. The quantitative estimate of drug-likeness (QED) is 0.733. The van der Waals surface area contributed by atoms with E-state index in [4.69, 9.17) is 9.47 Å². The molecule has 1 unspecified atom stereocenters. The molecular weight excluding hydrogens is 244 g/mol. The van der Waals surface area contributed by atoms with Gasteiger partial charge in [0.25, 0.3) is 0 Å². The van der Waals surface area contributed by atoms with Crippen LogP contribution in [0.5, 0.6) is 11.5 Å². The van der Waals surface area contributed by atoms with Crippen LogP contribution in [0.4, 0.5) is 0 Å². The van der Waals surface area contributed by atoms with Crippen molar-refractivity contribution < 1.29 is 14.6 Å². The van der Waals surface area contributed by atoms with Crippen LogP contribution in [0.15, 0.2) is 18.2 Å². The Balaban J connectivity index is 2.78. The Morgan fingerprint density at radius 3 is 2.16 bits per heavy atom. The van der Waals surface area contributed by atoms with Gasteiger partial charge in [-0.2, -0.15) is 0 Å². The van der Waals surface area contributed by atoms with Crippen LogP contribution in [0.1, 0.15) is 11.6 Å². The molecule has 108 valence electrons. The van der Waals surface area contributed by atoms with Crippen LogP contribution in [-0.4, -0.2) is 58.0 Å². The zero-order valence-corrected chi connectivity index (χ0v) is 12.1. The Morgan fingerprint density at radius 2 is 1.74 bits per heavy atom. The first-order valence-electron chi connectivity index (χ1n) is 6.32. The van der Waals surface area contributed by atoms with Gasteiger partial charge in [-0.1, -0.05) is 0 Å². The molecule has 19 heavy (non-hydrogen) atoms. The average Bonchev–Trinajstić information content (AvgIpc) is 2.42. The van der Waals surface area contributed by atoms with E-state index < -0.39 is 0 Å². The number of benzene rings is 1. The van der Waals surface area contributed by atoms with Gasteiger partial charge >= 0.3 is 0 Å². The molecule has 0 saturated carbocycles. The van der Waals surface area contributed by atoms with E-state index in [-0.39, 0.29) is 12.6 Å². The monoisotopic (exact) mass is 268 g/mol. The lowest BCUT2D eigenvalue weighted by molar-refractivity contribution is 0.239. The Labute approximate surface area is 115 Å². The van der Waals surface area contributed by atoms with Gasteiger partial charge in [0.05, 0.1) is 26.9 Å². The number of likely N-dealkylation sites (N-methyl/N-ethyl adjacent to an activating group) is 1. The van der Waals surface area contributed by atoms with Crippen LogP contribution in [0.3, 0.4) is 0 Å². The van der Waals surface area contributed by atoms with Gasteiger partial charge in [0.2, 0.25) is 0 Å². The van der Waals surface area contributed by atoms with Gasteiger partial charge < -0.3 is 24.8 Å². The molecule has 1 rings (SSSR count). The minimum absolute atomic E-state index is 0.0315. The first-order valence-corrected chi connectivity index (χ1v) is 6.32. The summed E-state index contributed by atoms with van der Waals surface area (Å²) in [6, 6.07) is 5.51. The number of hydrogen-bond acceptors (Lipinski definition) is 5. The molecule has 0 aliphatic carbocycles. The molecular formula is C14H24N2O3. The maximum absolute atomic E-state index is 9.51. The van der Waals surface area contributed by atoms with Crippen molar-refractivity contribution in [3.05, 3.63) is 23.8 Å². The predicted molar refractivity (Wildman–Crippen MR) is 75.9 cm³/mol. The number of hydrogen-bond donors (Lipinski definition) is 2. The fourth-order valence-electron chi connectivity index (χ4n) is 1.78. The van der Waals surface area contributed by atoms with Crippen molar-refractivity contribution in [3.8, 4) is 11.5 Å². The molecule has 0 heterocycles. The number of aliphatic hydroxyl groups excluding tert-OH is 1. The first kappa shape index (κ1) is 15.8. The Hall–Kier alpha value is -1.30. The van der Waals surface area contributed by atoms with Crippen LogP contribution in [0, 0.1) is 0 Å². The largest absolute Gasteiger partial charge is 0.497 e. The van der Waals surface area contributed by atoms with Crippen molar-refractivity contribution in [1.29, 1.82) is 0 Å². The van der Waals surface area contributed by atoms with E-state index >= 15 is 0 Å². The first-order chi connectivity index (χ1) is 9.10. The van der Waals surface area contributed by atoms with Gasteiger partial charge in [0.1, 0.15) is 11.5 Å². The minimum atomic E-state index is -0.121. The van der Waals surface area contributed by atoms with Crippen LogP contribution < -0.4 is 14.8 Å². The van der Waals surface area contributed by atoms with Crippen molar-refractivity contribution in [2.45, 2.75) is 6.04 Å². The fourth-order valence-corrected chi connectivity index (χ4v) is 1.78. The molecule has 0 radical (unpaired) electrons. The summed E-state index contributed by atoms with van der Waals surface area (Å²) >= 11 is 0. The van der Waals surface area contributed by atoms with E-state index in [1.807, 2.05) is 32.3 Å². The molecule has 1 aromatic carbocycles. The van der Waals surface area contributed by atoms with Crippen LogP contribution >= 0.6 is 0 Å². The third-order valence-corrected chi connectivity index (χ3v) is 2.91. The molecule has 0 fully saturated rings. The van der Waals surface area contributed by atoms with Crippen LogP contribution in [0.25, 0.3) is 0 Å². The number of ether oxygens (including phenoxy) is 2. The smallest absolute Gasteiger partial charge is 0.122 e. The summed E-state index contributed by atoms with van der Waals surface area (Å²) in [6.07, 6.45) is 0. The third-order valence-electron chi connectivity index (χ3n) is 2.91. The van der Waals surface area contributed by atoms with E-state index in [0.717, 1.165) is 30.2 Å². The van der Waals surface area contributed by atoms with Crippen LogP contribution in [-0.2, 0) is 0 Å². The molecule has 0 aliphatic rings. The van der Waals surface area contributed by atoms with Crippen molar-refractivity contribution in [2.24, 2.45) is 0 Å². The highest BCUT2D eigenvalue weighted by atomic mass is 16.5. The highest BCUT2D eigenvalue weighted by molar-refractivity contribution is 5.39. The standard InChI is InChI=1S/C14H24N2O3/c1-16(2)6-5-15-14(10-17)11-7-12(18-3)9-13(8-11)19-4/h7-9,14-15,17H,5-6,10H2,1-4H3. The molecule has 0 bridgehead atoms. The number of nitrogens with zero attached hydrogens (tertiary/aromatic N) is 1. The summed E-state index contributed by atoms with van der Waals surface area (Å²) in [5.41, 5.74) is 0.956. The van der Waals surface area contributed by atoms with Gasteiger partial charge in [0.15, 0.2) is 0 Å². The third kappa shape index (κ3) is 5.06. The molecule has 0 amide bonds. The summed E-state index contributed by atoms with van der Waals surface area (Å²) in [4.78, 5) is 2.09. The molecule has 0 saturated heterocycles. The van der Waals surface area contributed by atoms with E-state index in [1.165, 1.54) is 0 Å².